The Kier molecular flexibility index (Phi) is 4.78. The van der Waals surface area contributed by atoms with Crippen molar-refractivity contribution in [2.45, 2.75) is 40.0 Å². The molecule has 0 aromatic heterocycles. The van der Waals surface area contributed by atoms with Crippen molar-refractivity contribution >= 4 is 5.91 Å². The molecule has 1 aliphatic rings. The lowest BCUT2D eigenvalue weighted by Gasteiger charge is -2.29. The highest BCUT2D eigenvalue weighted by Crippen LogP contribution is 2.18. The van der Waals surface area contributed by atoms with Gasteiger partial charge in [-0.1, -0.05) is 20.8 Å². The minimum absolute atomic E-state index is 0.190. The highest BCUT2D eigenvalue weighted by molar-refractivity contribution is 5.76. The smallest absolute Gasteiger partial charge is 0.222 e. The number of nitrogens with one attached hydrogen (secondary N) is 1. The molecule has 1 heterocycles. The molecule has 1 N–H and O–H groups in total. The number of piperidine rings is 1. The predicted molar refractivity (Wildman–Crippen MR) is 67.3 cm³/mol. The van der Waals surface area contributed by atoms with Gasteiger partial charge in [0.05, 0.1) is 0 Å². The third-order valence-electron chi connectivity index (χ3n) is 3.00. The minimum atomic E-state index is 0.190. The summed E-state index contributed by atoms with van der Waals surface area (Å²) in [6.07, 6.45) is 3.11. The normalized spacial score (nSPS) is 21.9. The van der Waals surface area contributed by atoms with Crippen LogP contribution < -0.4 is 5.32 Å². The molecule has 0 bridgehead atoms. The summed E-state index contributed by atoms with van der Waals surface area (Å²) in [4.78, 5) is 13.9. The van der Waals surface area contributed by atoms with Crippen LogP contribution in [-0.2, 0) is 4.79 Å². The maximum absolute atomic E-state index is 12.0. The van der Waals surface area contributed by atoms with Crippen LogP contribution in [0.5, 0.6) is 0 Å². The summed E-state index contributed by atoms with van der Waals surface area (Å²) in [5.74, 6) is 0.840. The molecule has 0 radical (unpaired) electrons. The van der Waals surface area contributed by atoms with Gasteiger partial charge in [-0.25, -0.2) is 0 Å². The number of carbonyl (C=O) groups is 1. The lowest BCUT2D eigenvalue weighted by atomic mass is 9.93. The maximum Gasteiger partial charge on any atom is 0.222 e. The van der Waals surface area contributed by atoms with Gasteiger partial charge in [0.25, 0.3) is 0 Å². The summed E-state index contributed by atoms with van der Waals surface area (Å²) in [6, 6.07) is 0. The Bertz CT molecular complexity index is 227. The van der Waals surface area contributed by atoms with Crippen molar-refractivity contribution in [1.82, 2.24) is 10.2 Å². The molecule has 0 aromatic rings. The van der Waals surface area contributed by atoms with Crippen molar-refractivity contribution in [3.8, 4) is 0 Å². The third-order valence-corrected chi connectivity index (χ3v) is 3.00. The monoisotopic (exact) mass is 226 g/mol. The molecule has 1 fully saturated rings. The number of rotatable bonds is 3. The number of amides is 1. The summed E-state index contributed by atoms with van der Waals surface area (Å²) in [7, 11) is 1.92. The Morgan fingerprint density at radius 1 is 1.44 bits per heavy atom. The molecule has 0 spiro atoms. The van der Waals surface area contributed by atoms with Crippen molar-refractivity contribution in [2.24, 2.45) is 11.3 Å². The van der Waals surface area contributed by atoms with Gasteiger partial charge in [-0.15, -0.1) is 0 Å². The molecule has 94 valence electrons. The van der Waals surface area contributed by atoms with E-state index in [2.05, 4.69) is 26.1 Å². The molecule has 1 rings (SSSR count). The molecule has 1 atom stereocenters. The van der Waals surface area contributed by atoms with Gasteiger partial charge in [-0.2, -0.15) is 0 Å². The Balaban J connectivity index is 2.33. The van der Waals surface area contributed by atoms with Crippen molar-refractivity contribution in [3.05, 3.63) is 0 Å². The Hall–Kier alpha value is -0.570. The van der Waals surface area contributed by atoms with Crippen LogP contribution >= 0.6 is 0 Å². The van der Waals surface area contributed by atoms with E-state index in [-0.39, 0.29) is 5.41 Å². The molecule has 0 saturated carbocycles. The lowest BCUT2D eigenvalue weighted by Crippen LogP contribution is -2.38. The van der Waals surface area contributed by atoms with E-state index in [0.717, 1.165) is 19.6 Å². The molecule has 1 unspecified atom stereocenters. The second-order valence-electron chi connectivity index (χ2n) is 6.23. The fourth-order valence-corrected chi connectivity index (χ4v) is 2.30. The van der Waals surface area contributed by atoms with Crippen LogP contribution in [0.1, 0.15) is 40.0 Å². The van der Waals surface area contributed by atoms with Crippen LogP contribution in [-0.4, -0.2) is 37.5 Å². The van der Waals surface area contributed by atoms with Crippen molar-refractivity contribution in [3.63, 3.8) is 0 Å². The molecular weight excluding hydrogens is 200 g/mol. The van der Waals surface area contributed by atoms with Crippen LogP contribution in [0.3, 0.4) is 0 Å². The van der Waals surface area contributed by atoms with E-state index < -0.39 is 0 Å². The van der Waals surface area contributed by atoms with Crippen molar-refractivity contribution in [1.29, 1.82) is 0 Å². The largest absolute Gasteiger partial charge is 0.345 e. The summed E-state index contributed by atoms with van der Waals surface area (Å²) >= 11 is 0. The molecule has 16 heavy (non-hydrogen) atoms. The van der Waals surface area contributed by atoms with Gasteiger partial charge in [-0.05, 0) is 37.3 Å². The summed E-state index contributed by atoms with van der Waals surface area (Å²) in [5.41, 5.74) is 0.190. The van der Waals surface area contributed by atoms with E-state index in [0.29, 0.717) is 18.2 Å². The first-order valence-electron chi connectivity index (χ1n) is 6.33. The minimum Gasteiger partial charge on any atom is -0.345 e. The average Bonchev–Trinajstić information content (AvgIpc) is 2.16. The zero-order valence-corrected chi connectivity index (χ0v) is 11.2. The van der Waals surface area contributed by atoms with Gasteiger partial charge < -0.3 is 10.2 Å². The van der Waals surface area contributed by atoms with E-state index >= 15 is 0 Å². The van der Waals surface area contributed by atoms with E-state index in [1.807, 2.05) is 11.9 Å². The van der Waals surface area contributed by atoms with Gasteiger partial charge in [0.15, 0.2) is 0 Å². The van der Waals surface area contributed by atoms with E-state index in [1.54, 1.807) is 0 Å². The first-order valence-corrected chi connectivity index (χ1v) is 6.33. The van der Waals surface area contributed by atoms with E-state index in [9.17, 15) is 4.79 Å². The molecule has 0 aliphatic carbocycles. The van der Waals surface area contributed by atoms with Gasteiger partial charge in [-0.3, -0.25) is 4.79 Å². The molecular formula is C13H26N2O. The fraction of sp³-hybridized carbons (Fsp3) is 0.923. The predicted octanol–water partition coefficient (Wildman–Crippen LogP) is 1.88. The van der Waals surface area contributed by atoms with Crippen LogP contribution in [0.2, 0.25) is 0 Å². The van der Waals surface area contributed by atoms with Crippen molar-refractivity contribution in [2.75, 3.05) is 26.7 Å². The molecule has 0 aromatic carbocycles. The number of carbonyl (C=O) groups excluding carboxylic acids is 1. The van der Waals surface area contributed by atoms with Crippen LogP contribution in [0.4, 0.5) is 0 Å². The summed E-state index contributed by atoms with van der Waals surface area (Å²) < 4.78 is 0. The van der Waals surface area contributed by atoms with Crippen LogP contribution in [0.25, 0.3) is 0 Å². The standard InChI is InChI=1S/C13H26N2O/c1-13(2,3)10-15(4)12(16)8-11-6-5-7-14-9-11/h11,14H,5-10H2,1-4H3. The molecule has 1 saturated heterocycles. The lowest BCUT2D eigenvalue weighted by molar-refractivity contribution is -0.132. The first-order chi connectivity index (χ1) is 7.38. The van der Waals surface area contributed by atoms with Crippen LogP contribution in [0, 0.1) is 11.3 Å². The highest BCUT2D eigenvalue weighted by Gasteiger charge is 2.21. The number of hydrogen-bond donors (Lipinski definition) is 1. The molecule has 3 nitrogen and oxygen atoms in total. The highest BCUT2D eigenvalue weighted by atomic mass is 16.2. The Labute approximate surface area is 99.6 Å². The maximum atomic E-state index is 12.0. The zero-order valence-electron chi connectivity index (χ0n) is 11.2. The van der Waals surface area contributed by atoms with Crippen molar-refractivity contribution < 1.29 is 4.79 Å². The Morgan fingerprint density at radius 3 is 2.62 bits per heavy atom. The van der Waals surface area contributed by atoms with Crippen LogP contribution in [0.15, 0.2) is 0 Å². The number of hydrogen-bond acceptors (Lipinski definition) is 2. The third kappa shape index (κ3) is 4.97. The van der Waals surface area contributed by atoms with Gasteiger partial charge in [0.1, 0.15) is 0 Å². The molecule has 3 heteroatoms. The van der Waals surface area contributed by atoms with Gasteiger partial charge in [0, 0.05) is 20.0 Å². The zero-order chi connectivity index (χ0) is 12.2. The second-order valence-corrected chi connectivity index (χ2v) is 6.23. The first kappa shape index (κ1) is 13.5. The van der Waals surface area contributed by atoms with Gasteiger partial charge in [0.2, 0.25) is 5.91 Å². The fourth-order valence-electron chi connectivity index (χ4n) is 2.30. The Morgan fingerprint density at radius 2 is 2.12 bits per heavy atom. The summed E-state index contributed by atoms with van der Waals surface area (Å²) in [5, 5.41) is 3.36. The topological polar surface area (TPSA) is 32.3 Å². The molecule has 1 aliphatic heterocycles. The van der Waals surface area contributed by atoms with E-state index in [1.165, 1.54) is 12.8 Å². The quantitative estimate of drug-likeness (QED) is 0.797. The van der Waals surface area contributed by atoms with E-state index in [4.69, 9.17) is 0 Å². The number of nitrogens with zero attached hydrogens (tertiary/aromatic N) is 1. The second kappa shape index (κ2) is 5.67. The average molecular weight is 226 g/mol. The molecule has 1 amide bonds. The SMILES string of the molecule is CN(CC(C)(C)C)C(=O)CC1CCCNC1. The summed E-state index contributed by atoms with van der Waals surface area (Å²) in [6.45, 7) is 9.46. The van der Waals surface area contributed by atoms with Gasteiger partial charge >= 0.3 is 0 Å².